The minimum atomic E-state index is -1.05. The minimum absolute atomic E-state index is 0.00902. The van der Waals surface area contributed by atoms with Crippen molar-refractivity contribution in [3.8, 4) is 0 Å². The Morgan fingerprint density at radius 1 is 1.35 bits per heavy atom. The van der Waals surface area contributed by atoms with Gasteiger partial charge in [0.15, 0.2) is 0 Å². The third-order valence-corrected chi connectivity index (χ3v) is 2.34. The fraction of sp³-hybridized carbons (Fsp3) is 0.545. The second kappa shape index (κ2) is 7.43. The molecule has 0 heterocycles. The molecule has 2 unspecified atom stereocenters. The molecule has 0 spiro atoms. The lowest BCUT2D eigenvalue weighted by atomic mass is 9.96. The summed E-state index contributed by atoms with van der Waals surface area (Å²) in [6, 6.07) is 0. The number of carboxylic acid groups (broad SMARTS) is 1. The Balaban J connectivity index is 3.90. The van der Waals surface area contributed by atoms with Crippen molar-refractivity contribution in [2.24, 2.45) is 11.8 Å². The van der Waals surface area contributed by atoms with Gasteiger partial charge in [-0.1, -0.05) is 20.4 Å². The standard InChI is InChI=1S/C11H17NO5/c1-4-9(13)12-5-6-17-11(16)8(3)7(2)10(14)15/h4,7-8H,1,5-6H2,2-3H3,(H,12,13)(H,14,15). The molecule has 0 aromatic carbocycles. The summed E-state index contributed by atoms with van der Waals surface area (Å²) in [4.78, 5) is 32.8. The Hall–Kier alpha value is -1.85. The molecule has 0 saturated carbocycles. The van der Waals surface area contributed by atoms with Crippen LogP contribution in [-0.4, -0.2) is 36.1 Å². The number of nitrogens with one attached hydrogen (secondary N) is 1. The summed E-state index contributed by atoms with van der Waals surface area (Å²) < 4.78 is 4.82. The smallest absolute Gasteiger partial charge is 0.309 e. The summed E-state index contributed by atoms with van der Waals surface area (Å²) in [6.07, 6.45) is 1.11. The lowest BCUT2D eigenvalue weighted by molar-refractivity contribution is -0.156. The topological polar surface area (TPSA) is 92.7 Å². The van der Waals surface area contributed by atoms with Gasteiger partial charge in [0.1, 0.15) is 6.61 Å². The molecule has 0 saturated heterocycles. The molecule has 96 valence electrons. The Morgan fingerprint density at radius 2 is 1.94 bits per heavy atom. The van der Waals surface area contributed by atoms with Crippen molar-refractivity contribution >= 4 is 17.8 Å². The van der Waals surface area contributed by atoms with Crippen molar-refractivity contribution in [1.82, 2.24) is 5.32 Å². The monoisotopic (exact) mass is 243 g/mol. The number of carbonyl (C=O) groups excluding carboxylic acids is 2. The van der Waals surface area contributed by atoms with Gasteiger partial charge in [0.05, 0.1) is 18.4 Å². The number of ether oxygens (including phenoxy) is 1. The van der Waals surface area contributed by atoms with Crippen LogP contribution in [0.4, 0.5) is 0 Å². The third kappa shape index (κ3) is 5.70. The summed E-state index contributed by atoms with van der Waals surface area (Å²) in [5, 5.41) is 11.1. The highest BCUT2D eigenvalue weighted by Crippen LogP contribution is 2.12. The van der Waals surface area contributed by atoms with Crippen LogP contribution in [0.15, 0.2) is 12.7 Å². The lowest BCUT2D eigenvalue weighted by Crippen LogP contribution is -2.30. The molecule has 17 heavy (non-hydrogen) atoms. The minimum Gasteiger partial charge on any atom is -0.481 e. The molecular formula is C11H17NO5. The normalized spacial score (nSPS) is 13.3. The van der Waals surface area contributed by atoms with E-state index in [-0.39, 0.29) is 19.1 Å². The maximum absolute atomic E-state index is 11.4. The molecule has 0 fully saturated rings. The highest BCUT2D eigenvalue weighted by atomic mass is 16.5. The van der Waals surface area contributed by atoms with E-state index in [1.807, 2.05) is 0 Å². The van der Waals surface area contributed by atoms with Crippen molar-refractivity contribution in [3.63, 3.8) is 0 Å². The van der Waals surface area contributed by atoms with Gasteiger partial charge in [0.25, 0.3) is 0 Å². The van der Waals surface area contributed by atoms with Crippen LogP contribution in [0, 0.1) is 11.8 Å². The number of hydrogen-bond acceptors (Lipinski definition) is 4. The first-order chi connectivity index (χ1) is 7.90. The quantitative estimate of drug-likeness (QED) is 0.378. The fourth-order valence-corrected chi connectivity index (χ4v) is 0.947. The SMILES string of the molecule is C=CC(=O)NCCOC(=O)C(C)C(C)C(=O)O. The molecule has 1 amide bonds. The van der Waals surface area contributed by atoms with Gasteiger partial charge in [-0.2, -0.15) is 0 Å². The van der Waals surface area contributed by atoms with Gasteiger partial charge in [-0.05, 0) is 6.08 Å². The second-order valence-electron chi connectivity index (χ2n) is 3.58. The molecule has 0 aliphatic carbocycles. The van der Waals surface area contributed by atoms with Gasteiger partial charge in [-0.25, -0.2) is 0 Å². The summed E-state index contributed by atoms with van der Waals surface area (Å²) in [5.74, 6) is -3.51. The highest BCUT2D eigenvalue weighted by Gasteiger charge is 2.26. The Labute approximate surface area is 99.6 Å². The van der Waals surface area contributed by atoms with Crippen LogP contribution < -0.4 is 5.32 Å². The molecule has 6 nitrogen and oxygen atoms in total. The average molecular weight is 243 g/mol. The number of esters is 1. The second-order valence-corrected chi connectivity index (χ2v) is 3.58. The summed E-state index contributed by atoms with van der Waals surface area (Å²) in [5.41, 5.74) is 0. The van der Waals surface area contributed by atoms with E-state index in [2.05, 4.69) is 11.9 Å². The van der Waals surface area contributed by atoms with Crippen LogP contribution in [0.5, 0.6) is 0 Å². The fourth-order valence-electron chi connectivity index (χ4n) is 0.947. The van der Waals surface area contributed by atoms with Crippen LogP contribution in [0.1, 0.15) is 13.8 Å². The Bertz CT molecular complexity index is 313. The van der Waals surface area contributed by atoms with E-state index in [0.717, 1.165) is 6.08 Å². The number of carbonyl (C=O) groups is 3. The molecular weight excluding hydrogens is 226 g/mol. The first kappa shape index (κ1) is 15.2. The van der Waals surface area contributed by atoms with Gasteiger partial charge < -0.3 is 15.2 Å². The number of aliphatic carboxylic acids is 1. The molecule has 0 rings (SSSR count). The van der Waals surface area contributed by atoms with Crippen LogP contribution in [-0.2, 0) is 19.1 Å². The zero-order valence-corrected chi connectivity index (χ0v) is 9.93. The maximum atomic E-state index is 11.4. The molecule has 2 atom stereocenters. The number of rotatable bonds is 7. The number of hydrogen-bond donors (Lipinski definition) is 2. The lowest BCUT2D eigenvalue weighted by Gasteiger charge is -2.14. The van der Waals surface area contributed by atoms with Crippen molar-refractivity contribution in [2.45, 2.75) is 13.8 Å². The van der Waals surface area contributed by atoms with Gasteiger partial charge in [-0.15, -0.1) is 0 Å². The summed E-state index contributed by atoms with van der Waals surface area (Å²) >= 11 is 0. The molecule has 0 aliphatic heterocycles. The van der Waals surface area contributed by atoms with Crippen molar-refractivity contribution < 1.29 is 24.2 Å². The van der Waals surface area contributed by atoms with Crippen molar-refractivity contribution in [2.75, 3.05) is 13.2 Å². The molecule has 6 heteroatoms. The van der Waals surface area contributed by atoms with E-state index < -0.39 is 23.8 Å². The zero-order chi connectivity index (χ0) is 13.4. The van der Waals surface area contributed by atoms with Gasteiger partial charge in [-0.3, -0.25) is 14.4 Å². The molecule has 0 aromatic heterocycles. The molecule has 0 bridgehead atoms. The van der Waals surface area contributed by atoms with Crippen LogP contribution in [0.3, 0.4) is 0 Å². The van der Waals surface area contributed by atoms with Crippen LogP contribution >= 0.6 is 0 Å². The van der Waals surface area contributed by atoms with E-state index in [9.17, 15) is 14.4 Å². The maximum Gasteiger partial charge on any atom is 0.309 e. The van der Waals surface area contributed by atoms with E-state index in [1.54, 1.807) is 0 Å². The molecule has 0 aromatic rings. The number of amides is 1. The first-order valence-electron chi connectivity index (χ1n) is 5.19. The summed E-state index contributed by atoms with van der Waals surface area (Å²) in [7, 11) is 0. The predicted octanol–water partition coefficient (Wildman–Crippen LogP) is 0.189. The van der Waals surface area contributed by atoms with Crippen LogP contribution in [0.2, 0.25) is 0 Å². The Kier molecular flexibility index (Phi) is 6.62. The molecule has 0 radical (unpaired) electrons. The van der Waals surface area contributed by atoms with Gasteiger partial charge in [0.2, 0.25) is 5.91 Å². The number of carboxylic acids is 1. The molecule has 0 aliphatic rings. The zero-order valence-electron chi connectivity index (χ0n) is 9.93. The third-order valence-electron chi connectivity index (χ3n) is 2.34. The Morgan fingerprint density at radius 3 is 2.41 bits per heavy atom. The van der Waals surface area contributed by atoms with E-state index in [4.69, 9.17) is 9.84 Å². The first-order valence-corrected chi connectivity index (χ1v) is 5.19. The van der Waals surface area contributed by atoms with Crippen molar-refractivity contribution in [1.29, 1.82) is 0 Å². The summed E-state index contributed by atoms with van der Waals surface area (Å²) in [6.45, 7) is 6.37. The molecule has 2 N–H and O–H groups in total. The average Bonchev–Trinajstić information content (AvgIpc) is 2.31. The van der Waals surface area contributed by atoms with Crippen molar-refractivity contribution in [3.05, 3.63) is 12.7 Å². The van der Waals surface area contributed by atoms with Gasteiger partial charge in [0, 0.05) is 0 Å². The predicted molar refractivity (Wildman–Crippen MR) is 60.1 cm³/mol. The largest absolute Gasteiger partial charge is 0.481 e. The van der Waals surface area contributed by atoms with E-state index in [1.165, 1.54) is 13.8 Å². The van der Waals surface area contributed by atoms with E-state index >= 15 is 0 Å². The van der Waals surface area contributed by atoms with Crippen LogP contribution in [0.25, 0.3) is 0 Å². The highest BCUT2D eigenvalue weighted by molar-refractivity contribution is 5.86. The van der Waals surface area contributed by atoms with Gasteiger partial charge >= 0.3 is 11.9 Å². The van der Waals surface area contributed by atoms with E-state index in [0.29, 0.717) is 0 Å².